The third-order valence-electron chi connectivity index (χ3n) is 20.9. The van der Waals surface area contributed by atoms with Gasteiger partial charge in [0.05, 0.1) is 69.5 Å². The van der Waals surface area contributed by atoms with Gasteiger partial charge in [-0.3, -0.25) is 49.1 Å². The molecular weight excluding hydrogens is 1360 g/mol. The Hall–Kier alpha value is -8.17. The quantitative estimate of drug-likeness (QED) is 0.105. The van der Waals surface area contributed by atoms with E-state index in [0.29, 0.717) is 0 Å². The SMILES string of the molecule is CC(=O)N1CCC[C@H]1C1=Nc2ccc(-c3ccc(-c4ccc5c(c4)CC([C@@H]4CCCN4C(C)=O)=N5)nc3)cc2C1.CC(=O)N1CCC[C@H]1C1=Nc2ccc(-c3ccc(Br)cn3)cc2C1.CC(=O)N1CCC[C@H]1C1=Nc2ccc(B3OC(C)(C)C(C)(C)O3)cc2C1.Cc1ccc(Br)nc1. The van der Waals surface area contributed by atoms with Crippen molar-refractivity contribution in [2.75, 3.05) is 26.2 Å². The number of amides is 4. The Morgan fingerprint density at radius 1 is 0.429 bits per heavy atom. The van der Waals surface area contributed by atoms with Crippen LogP contribution in [0.4, 0.5) is 22.7 Å². The number of nitrogens with zero attached hydrogens (tertiary/aromatic N) is 11. The maximum absolute atomic E-state index is 12.1. The van der Waals surface area contributed by atoms with Crippen LogP contribution >= 0.6 is 31.9 Å². The van der Waals surface area contributed by atoms with Crippen LogP contribution in [-0.2, 0) is 54.2 Å². The van der Waals surface area contributed by atoms with Gasteiger partial charge in [0.1, 0.15) is 4.60 Å². The van der Waals surface area contributed by atoms with E-state index in [1.807, 2.05) is 75.4 Å². The number of carbonyl (C=O) groups excluding carboxylic acids is 4. The fourth-order valence-corrected chi connectivity index (χ4v) is 15.5. The molecule has 4 aromatic carbocycles. The molecule has 3 aromatic heterocycles. The summed E-state index contributed by atoms with van der Waals surface area (Å²) in [7, 11) is -0.352. The van der Waals surface area contributed by atoms with Gasteiger partial charge < -0.3 is 28.9 Å². The van der Waals surface area contributed by atoms with Crippen LogP contribution in [0, 0.1) is 6.92 Å². The molecule has 0 N–H and O–H groups in total. The highest BCUT2D eigenvalue weighted by Gasteiger charge is 2.52. The third-order valence-corrected chi connectivity index (χ3v) is 21.8. The highest BCUT2D eigenvalue weighted by atomic mass is 79.9. The molecule has 7 aromatic rings. The molecule has 0 radical (unpaired) electrons. The molecule has 4 amide bonds. The lowest BCUT2D eigenvalue weighted by Crippen LogP contribution is -2.41. The fourth-order valence-electron chi connectivity index (χ4n) is 15.0. The predicted octanol–water partition coefficient (Wildman–Crippen LogP) is 14.6. The minimum atomic E-state index is -0.352. The normalized spacial score (nSPS) is 21.2. The number of likely N-dealkylation sites (tertiary alicyclic amines) is 4. The Bertz CT molecular complexity index is 4230. The molecule has 9 aliphatic heterocycles. The highest BCUT2D eigenvalue weighted by Crippen LogP contribution is 2.41. The molecule has 5 saturated heterocycles. The predicted molar refractivity (Wildman–Crippen MR) is 396 cm³/mol. The number of hydrogen-bond donors (Lipinski definition) is 0. The van der Waals surface area contributed by atoms with Gasteiger partial charge in [-0.15, -0.1) is 0 Å². The van der Waals surface area contributed by atoms with E-state index in [-0.39, 0.29) is 66.1 Å². The summed E-state index contributed by atoms with van der Waals surface area (Å²) in [5.74, 6) is 0.564. The summed E-state index contributed by atoms with van der Waals surface area (Å²) in [6.45, 7) is 20.2. The molecule has 5 fully saturated rings. The van der Waals surface area contributed by atoms with Crippen molar-refractivity contribution in [3.05, 3.63) is 165 Å². The number of aromatic nitrogens is 3. The summed E-state index contributed by atoms with van der Waals surface area (Å²) >= 11 is 6.65. The van der Waals surface area contributed by atoms with Crippen molar-refractivity contribution in [1.29, 1.82) is 0 Å². The van der Waals surface area contributed by atoms with Gasteiger partial charge in [0.2, 0.25) is 23.6 Å². The molecule has 4 atom stereocenters. The molecule has 98 heavy (non-hydrogen) atoms. The number of fused-ring (bicyclic) bond motifs is 4. The van der Waals surface area contributed by atoms with Crippen molar-refractivity contribution < 1.29 is 28.5 Å². The van der Waals surface area contributed by atoms with Crippen LogP contribution in [0.1, 0.15) is 135 Å². The number of rotatable bonds is 8. The Morgan fingerprint density at radius 2 is 0.796 bits per heavy atom. The number of pyridine rings is 3. The van der Waals surface area contributed by atoms with Crippen molar-refractivity contribution >= 4 is 114 Å². The van der Waals surface area contributed by atoms with Crippen LogP contribution in [-0.4, -0.2) is 150 Å². The first-order chi connectivity index (χ1) is 47.0. The van der Waals surface area contributed by atoms with E-state index in [9.17, 15) is 19.2 Å². The Balaban J connectivity index is 0.000000130. The van der Waals surface area contributed by atoms with Crippen LogP contribution < -0.4 is 5.46 Å². The summed E-state index contributed by atoms with van der Waals surface area (Å²) in [5, 5.41) is 0. The topological polar surface area (TPSA) is 188 Å². The maximum Gasteiger partial charge on any atom is 0.494 e. The molecule has 20 heteroatoms. The van der Waals surface area contributed by atoms with Crippen molar-refractivity contribution in [1.82, 2.24) is 34.6 Å². The summed E-state index contributed by atoms with van der Waals surface area (Å²) in [6.07, 6.45) is 17.0. The van der Waals surface area contributed by atoms with Gasteiger partial charge in [-0.05, 0) is 223 Å². The summed E-state index contributed by atoms with van der Waals surface area (Å²) in [4.78, 5) is 88.4. The number of halogens is 2. The zero-order valence-corrected chi connectivity index (χ0v) is 60.6. The second-order valence-electron chi connectivity index (χ2n) is 28.1. The second-order valence-corrected chi connectivity index (χ2v) is 29.8. The van der Waals surface area contributed by atoms with Gasteiger partial charge in [0.15, 0.2) is 0 Å². The highest BCUT2D eigenvalue weighted by molar-refractivity contribution is 9.10. The van der Waals surface area contributed by atoms with Crippen LogP contribution in [0.25, 0.3) is 33.6 Å². The lowest BCUT2D eigenvalue weighted by atomic mass is 9.78. The zero-order chi connectivity index (χ0) is 68.7. The number of aliphatic imine (C=N–C) groups is 4. The van der Waals surface area contributed by atoms with Gasteiger partial charge >= 0.3 is 7.12 Å². The Labute approximate surface area is 592 Å². The molecule has 17 nitrogen and oxygen atoms in total. The average Bonchev–Trinajstić information content (AvgIpc) is 1.63. The van der Waals surface area contributed by atoms with Crippen LogP contribution in [0.3, 0.4) is 0 Å². The van der Waals surface area contributed by atoms with Crippen molar-refractivity contribution in [3.8, 4) is 33.6 Å². The molecule has 0 saturated carbocycles. The molecule has 9 aliphatic rings. The van der Waals surface area contributed by atoms with Crippen molar-refractivity contribution in [2.24, 2.45) is 20.0 Å². The zero-order valence-electron chi connectivity index (χ0n) is 57.4. The fraction of sp³-hybridized carbons (Fsp3) is 0.397. The van der Waals surface area contributed by atoms with E-state index in [2.05, 4.69) is 148 Å². The molecule has 0 aliphatic carbocycles. The lowest BCUT2D eigenvalue weighted by molar-refractivity contribution is -0.129. The number of aryl methyl sites for hydroxylation is 1. The van der Waals surface area contributed by atoms with E-state index < -0.39 is 0 Å². The largest absolute Gasteiger partial charge is 0.494 e. The summed E-state index contributed by atoms with van der Waals surface area (Å²) < 4.78 is 14.2. The number of carbonyl (C=O) groups is 4. The molecule has 504 valence electrons. The first-order valence-corrected chi connectivity index (χ1v) is 36.0. The summed E-state index contributed by atoms with van der Waals surface area (Å²) in [5.41, 5.74) is 21.2. The Morgan fingerprint density at radius 3 is 1.15 bits per heavy atom. The first-order valence-electron chi connectivity index (χ1n) is 34.5. The number of benzene rings is 4. The van der Waals surface area contributed by atoms with E-state index in [0.717, 1.165) is 197 Å². The van der Waals surface area contributed by atoms with Crippen molar-refractivity contribution in [3.63, 3.8) is 0 Å². The first kappa shape index (κ1) is 68.4. The van der Waals surface area contributed by atoms with E-state index in [1.165, 1.54) is 27.8 Å². The molecule has 0 unspecified atom stereocenters. The second kappa shape index (κ2) is 28.6. The minimum absolute atomic E-state index is 0.130. The van der Waals surface area contributed by atoms with E-state index in [4.69, 9.17) is 34.3 Å². The minimum Gasteiger partial charge on any atom is -0.399 e. The average molecular weight is 1440 g/mol. The molecule has 16 rings (SSSR count). The van der Waals surface area contributed by atoms with E-state index >= 15 is 0 Å². The van der Waals surface area contributed by atoms with Crippen LogP contribution in [0.5, 0.6) is 0 Å². The third kappa shape index (κ3) is 14.6. The van der Waals surface area contributed by atoms with Crippen LogP contribution in [0.2, 0.25) is 0 Å². The van der Waals surface area contributed by atoms with Gasteiger partial charge in [0.25, 0.3) is 0 Å². The van der Waals surface area contributed by atoms with Crippen molar-refractivity contribution in [2.45, 2.75) is 175 Å². The molecular formula is C78H84BBr2N11O6. The standard InChI is InChI=1S/C33H33N5O2.C20H27BN2O3.C19H18BrN3O.C6H6BrN/c1-20(39)37-13-3-5-32(37)30-17-25-15-22(7-11-28(25)35-30)24-9-10-27(34-19-24)23-8-12-29-26(16-23)18-31(36-29)33-6-4-14-38(33)21(2)40;1-13(24)23-10-6-7-18(23)17-12-14-11-15(8-9-16(14)22-17)21-25-19(2,3)20(4,5)26-21;1-12(24)23-8-2-3-19(23)18-10-14-9-13(4-6-17(14)22-18)16-7-5-15(20)11-21-16;1-5-2-3-6(7)8-4-5/h7-12,15-16,19,32-33H,3-6,13-14,17-18H2,1-2H3;8-9,11,18H,6-7,10,12H2,1-5H3;4-7,9,11,19H,2-3,8,10H2,1H3;2-4H,1H3/t32-,33-;18-;19-;/m000./s1. The number of hydrogen-bond acceptors (Lipinski definition) is 13. The smallest absolute Gasteiger partial charge is 0.399 e. The van der Waals surface area contributed by atoms with Gasteiger partial charge in [-0.1, -0.05) is 42.5 Å². The van der Waals surface area contributed by atoms with Gasteiger partial charge in [0, 0.05) is 142 Å². The Kier molecular flexibility index (Phi) is 19.9. The molecule has 12 heterocycles. The molecule has 0 bridgehead atoms. The lowest BCUT2D eigenvalue weighted by Gasteiger charge is -2.32. The maximum atomic E-state index is 12.1. The van der Waals surface area contributed by atoms with Gasteiger partial charge in [-0.2, -0.15) is 0 Å². The van der Waals surface area contributed by atoms with Gasteiger partial charge in [-0.25, -0.2) is 4.98 Å². The van der Waals surface area contributed by atoms with Crippen LogP contribution in [0.15, 0.2) is 157 Å². The van der Waals surface area contributed by atoms with E-state index in [1.54, 1.807) is 27.7 Å². The molecule has 0 spiro atoms. The summed E-state index contributed by atoms with van der Waals surface area (Å²) in [6, 6.07) is 38.1. The monoisotopic (exact) mass is 1440 g/mol.